The Hall–Kier alpha value is -0.980. The van der Waals surface area contributed by atoms with Crippen LogP contribution in [0.3, 0.4) is 0 Å². The van der Waals surface area contributed by atoms with Crippen molar-refractivity contribution in [3.8, 4) is 0 Å². The van der Waals surface area contributed by atoms with Crippen LogP contribution in [0.5, 0.6) is 0 Å². The van der Waals surface area contributed by atoms with Gasteiger partial charge in [-0.15, -0.1) is 11.3 Å². The van der Waals surface area contributed by atoms with Crippen LogP contribution >= 0.6 is 11.3 Å². The van der Waals surface area contributed by atoms with Crippen molar-refractivity contribution in [2.75, 3.05) is 13.7 Å². The van der Waals surface area contributed by atoms with Crippen LogP contribution < -0.4 is 5.32 Å². The molecule has 0 aliphatic heterocycles. The molecule has 0 aromatic carbocycles. The van der Waals surface area contributed by atoms with Gasteiger partial charge in [0, 0.05) is 19.8 Å². The molecule has 0 fully saturated rings. The molecule has 0 saturated heterocycles. The molecule has 0 aliphatic rings. The minimum absolute atomic E-state index is 0.00914. The van der Waals surface area contributed by atoms with Crippen LogP contribution in [0, 0.1) is 6.92 Å². The first-order valence-corrected chi connectivity index (χ1v) is 6.81. The van der Waals surface area contributed by atoms with Crippen LogP contribution in [0.15, 0.2) is 0 Å². The summed E-state index contributed by atoms with van der Waals surface area (Å²) in [6.07, 6.45) is 1.38. The Morgan fingerprint density at radius 1 is 1.61 bits per heavy atom. The lowest BCUT2D eigenvalue weighted by Crippen LogP contribution is -2.34. The molecule has 1 rings (SSSR count). The van der Waals surface area contributed by atoms with Crippen molar-refractivity contribution in [3.63, 3.8) is 0 Å². The van der Waals surface area contributed by atoms with Crippen molar-refractivity contribution in [2.24, 2.45) is 0 Å². The molecule has 0 aliphatic carbocycles. The largest absolute Gasteiger partial charge is 0.396 e. The first kappa shape index (κ1) is 15.1. The predicted molar refractivity (Wildman–Crippen MR) is 70.8 cm³/mol. The molecule has 1 atom stereocenters. The quantitative estimate of drug-likeness (QED) is 0.789. The minimum Gasteiger partial charge on any atom is -0.396 e. The Balaban J connectivity index is 2.70. The molecule has 102 valence electrons. The molecule has 2 N–H and O–H groups in total. The summed E-state index contributed by atoms with van der Waals surface area (Å²) in [6, 6.07) is 0.00914. The maximum Gasteiger partial charge on any atom is 0.263 e. The Bertz CT molecular complexity index is 393. The average Bonchev–Trinajstić information content (AvgIpc) is 2.70. The zero-order chi connectivity index (χ0) is 13.5. The van der Waals surface area contributed by atoms with Gasteiger partial charge in [-0.1, -0.05) is 6.92 Å². The van der Waals surface area contributed by atoms with Crippen LogP contribution in [0.1, 0.15) is 40.1 Å². The molecule has 5 nitrogen and oxygen atoms in total. The third-order valence-corrected chi connectivity index (χ3v) is 3.75. The fraction of sp³-hybridized carbons (Fsp3) is 0.667. The summed E-state index contributed by atoms with van der Waals surface area (Å²) in [5.74, 6) is -0.118. The molecule has 0 bridgehead atoms. The number of thiazole rings is 1. The predicted octanol–water partition coefficient (Wildman–Crippen LogP) is 1.49. The number of aromatic nitrogens is 1. The number of aryl methyl sites for hydroxylation is 1. The van der Waals surface area contributed by atoms with Gasteiger partial charge in [0.05, 0.1) is 12.3 Å². The summed E-state index contributed by atoms with van der Waals surface area (Å²) >= 11 is 1.35. The molecule has 18 heavy (non-hydrogen) atoms. The number of nitrogens with zero attached hydrogens (tertiary/aromatic N) is 1. The Morgan fingerprint density at radius 2 is 2.33 bits per heavy atom. The van der Waals surface area contributed by atoms with E-state index in [4.69, 9.17) is 9.84 Å². The highest BCUT2D eigenvalue weighted by Gasteiger charge is 2.17. The van der Waals surface area contributed by atoms with Gasteiger partial charge in [-0.05, 0) is 19.8 Å². The summed E-state index contributed by atoms with van der Waals surface area (Å²) in [7, 11) is 1.60. The molecule has 6 heteroatoms. The molecule has 1 aromatic rings. The van der Waals surface area contributed by atoms with Gasteiger partial charge in [-0.2, -0.15) is 0 Å². The van der Waals surface area contributed by atoms with E-state index < -0.39 is 0 Å². The lowest BCUT2D eigenvalue weighted by Gasteiger charge is -2.14. The number of nitrogens with one attached hydrogen (secondary N) is 1. The van der Waals surface area contributed by atoms with Gasteiger partial charge < -0.3 is 15.2 Å². The molecular formula is C12H20N2O3S. The van der Waals surface area contributed by atoms with Crippen molar-refractivity contribution in [2.45, 2.75) is 39.3 Å². The van der Waals surface area contributed by atoms with Crippen molar-refractivity contribution in [1.29, 1.82) is 0 Å². The maximum absolute atomic E-state index is 12.1. The zero-order valence-electron chi connectivity index (χ0n) is 11.0. The second-order valence-corrected chi connectivity index (χ2v) is 5.13. The number of methoxy groups -OCH3 is 1. The summed E-state index contributed by atoms with van der Waals surface area (Å²) in [4.78, 5) is 17.0. The number of amides is 1. The fourth-order valence-electron chi connectivity index (χ4n) is 1.63. The van der Waals surface area contributed by atoms with Crippen LogP contribution in [0.2, 0.25) is 0 Å². The summed E-state index contributed by atoms with van der Waals surface area (Å²) in [5.41, 5.74) is 0.725. The van der Waals surface area contributed by atoms with E-state index in [1.807, 2.05) is 13.8 Å². The van der Waals surface area contributed by atoms with E-state index in [2.05, 4.69) is 10.3 Å². The molecule has 0 spiro atoms. The van der Waals surface area contributed by atoms with E-state index in [0.29, 0.717) is 17.9 Å². The Labute approximate surface area is 111 Å². The number of rotatable bonds is 7. The second kappa shape index (κ2) is 7.45. The maximum atomic E-state index is 12.1. The highest BCUT2D eigenvalue weighted by molar-refractivity contribution is 7.13. The highest BCUT2D eigenvalue weighted by atomic mass is 32.1. The van der Waals surface area contributed by atoms with Gasteiger partial charge in [0.25, 0.3) is 5.91 Å². The SMILES string of the molecule is CCC(CCO)NC(=O)c1sc(COC)nc1C. The fourth-order valence-corrected chi connectivity index (χ4v) is 2.57. The van der Waals surface area contributed by atoms with Gasteiger partial charge in [-0.25, -0.2) is 4.98 Å². The molecule has 1 heterocycles. The van der Waals surface area contributed by atoms with Crippen molar-refractivity contribution < 1.29 is 14.6 Å². The molecule has 1 unspecified atom stereocenters. The van der Waals surface area contributed by atoms with E-state index in [9.17, 15) is 4.79 Å². The number of hydrogen-bond donors (Lipinski definition) is 2. The first-order chi connectivity index (χ1) is 8.62. The van der Waals surface area contributed by atoms with Gasteiger partial charge in [0.1, 0.15) is 9.88 Å². The van der Waals surface area contributed by atoms with Gasteiger partial charge in [0.2, 0.25) is 0 Å². The molecule has 0 saturated carbocycles. The third kappa shape index (κ3) is 4.04. The first-order valence-electron chi connectivity index (χ1n) is 5.99. The summed E-state index contributed by atoms with van der Waals surface area (Å²) in [6.45, 7) is 4.30. The summed E-state index contributed by atoms with van der Waals surface area (Å²) < 4.78 is 5.00. The van der Waals surface area contributed by atoms with E-state index in [-0.39, 0.29) is 18.6 Å². The van der Waals surface area contributed by atoms with Crippen LogP contribution in [0.4, 0.5) is 0 Å². The Morgan fingerprint density at radius 3 is 2.89 bits per heavy atom. The standard InChI is InChI=1S/C12H20N2O3S/c1-4-9(5-6-15)14-12(16)11-8(2)13-10(18-11)7-17-3/h9,15H,4-7H2,1-3H3,(H,14,16). The van der Waals surface area contributed by atoms with E-state index in [1.54, 1.807) is 7.11 Å². The van der Waals surface area contributed by atoms with Crippen molar-refractivity contribution in [3.05, 3.63) is 15.6 Å². The van der Waals surface area contributed by atoms with Crippen LogP contribution in [-0.2, 0) is 11.3 Å². The summed E-state index contributed by atoms with van der Waals surface area (Å²) in [5, 5.41) is 12.6. The topological polar surface area (TPSA) is 71.5 Å². The highest BCUT2D eigenvalue weighted by Crippen LogP contribution is 2.19. The number of carbonyl (C=O) groups is 1. The number of aliphatic hydroxyl groups excluding tert-OH is 1. The second-order valence-electron chi connectivity index (χ2n) is 4.05. The van der Waals surface area contributed by atoms with Gasteiger partial charge in [0.15, 0.2) is 0 Å². The van der Waals surface area contributed by atoms with Crippen molar-refractivity contribution in [1.82, 2.24) is 10.3 Å². The van der Waals surface area contributed by atoms with Crippen molar-refractivity contribution >= 4 is 17.2 Å². The van der Waals surface area contributed by atoms with Gasteiger partial charge in [-0.3, -0.25) is 4.79 Å². The molecule has 1 aromatic heterocycles. The normalized spacial score (nSPS) is 12.4. The number of carbonyl (C=O) groups excluding carboxylic acids is 1. The van der Waals surface area contributed by atoms with E-state index >= 15 is 0 Å². The number of aliphatic hydroxyl groups is 1. The number of hydrogen-bond acceptors (Lipinski definition) is 5. The van der Waals surface area contributed by atoms with E-state index in [1.165, 1.54) is 11.3 Å². The lowest BCUT2D eigenvalue weighted by molar-refractivity contribution is 0.0932. The average molecular weight is 272 g/mol. The third-order valence-electron chi connectivity index (χ3n) is 2.62. The zero-order valence-corrected chi connectivity index (χ0v) is 11.8. The minimum atomic E-state index is -0.118. The Kier molecular flexibility index (Phi) is 6.24. The monoisotopic (exact) mass is 272 g/mol. The number of ether oxygens (including phenoxy) is 1. The smallest absolute Gasteiger partial charge is 0.263 e. The van der Waals surface area contributed by atoms with E-state index in [0.717, 1.165) is 17.1 Å². The van der Waals surface area contributed by atoms with Crippen LogP contribution in [0.25, 0.3) is 0 Å². The molecular weight excluding hydrogens is 252 g/mol. The van der Waals surface area contributed by atoms with Crippen LogP contribution in [-0.4, -0.2) is 35.8 Å². The lowest BCUT2D eigenvalue weighted by atomic mass is 10.1. The molecule has 1 amide bonds. The molecule has 0 radical (unpaired) electrons. The van der Waals surface area contributed by atoms with Gasteiger partial charge >= 0.3 is 0 Å².